The first-order valence-electron chi connectivity index (χ1n) is 6.68. The minimum absolute atomic E-state index is 0.121. The highest BCUT2D eigenvalue weighted by atomic mass is 16.5. The number of aromatic nitrogens is 2. The van der Waals surface area contributed by atoms with Gasteiger partial charge in [0.15, 0.2) is 0 Å². The second-order valence-electron chi connectivity index (χ2n) is 5.07. The van der Waals surface area contributed by atoms with Crippen LogP contribution < -0.4 is 10.1 Å². The number of ether oxygens (including phenoxy) is 1. The normalized spacial score (nSPS) is 16.3. The maximum atomic E-state index is 5.76. The molecule has 0 bridgehead atoms. The number of aryl methyl sites for hydroxylation is 1. The molecule has 1 heterocycles. The molecule has 19 heavy (non-hydrogen) atoms. The number of nitrogens with zero attached hydrogens (tertiary/aromatic N) is 2. The Balaban J connectivity index is 1.78. The van der Waals surface area contributed by atoms with E-state index in [4.69, 9.17) is 4.74 Å². The molecule has 0 spiro atoms. The number of rotatable bonds is 5. The maximum absolute atomic E-state index is 5.76. The average Bonchev–Trinajstić information content (AvgIpc) is 3.13. The minimum atomic E-state index is 0.121. The van der Waals surface area contributed by atoms with E-state index in [1.54, 1.807) is 0 Å². The summed E-state index contributed by atoms with van der Waals surface area (Å²) in [6.45, 7) is 0. The lowest BCUT2D eigenvalue weighted by atomic mass is 10.0. The molecule has 1 aromatic heterocycles. The Morgan fingerprint density at radius 1 is 1.32 bits per heavy atom. The average molecular weight is 257 g/mol. The predicted molar refractivity (Wildman–Crippen MR) is 74.2 cm³/mol. The molecule has 0 saturated heterocycles. The van der Waals surface area contributed by atoms with Crippen molar-refractivity contribution in [1.82, 2.24) is 14.9 Å². The highest BCUT2D eigenvalue weighted by Gasteiger charge is 2.23. The molecule has 100 valence electrons. The molecule has 3 rings (SSSR count). The van der Waals surface area contributed by atoms with Gasteiger partial charge in [-0.3, -0.25) is 0 Å². The number of benzene rings is 1. The summed E-state index contributed by atoms with van der Waals surface area (Å²) < 4.78 is 7.73. The van der Waals surface area contributed by atoms with E-state index in [-0.39, 0.29) is 6.04 Å². The van der Waals surface area contributed by atoms with Crippen LogP contribution in [0.2, 0.25) is 0 Å². The lowest BCUT2D eigenvalue weighted by Gasteiger charge is -2.15. The van der Waals surface area contributed by atoms with Gasteiger partial charge in [0.05, 0.1) is 24.2 Å². The third kappa shape index (κ3) is 2.79. The van der Waals surface area contributed by atoms with Crippen LogP contribution in [0.4, 0.5) is 0 Å². The standard InChI is InChI=1S/C15H19N3O/c1-16-15(14-9-18(2)10-17-14)11-3-5-12(6-4-11)19-13-7-8-13/h3-6,9-10,13,15-16H,7-8H2,1-2H3. The van der Waals surface area contributed by atoms with Gasteiger partial charge in [-0.1, -0.05) is 12.1 Å². The second kappa shape index (κ2) is 5.05. The molecule has 1 aromatic carbocycles. The summed E-state index contributed by atoms with van der Waals surface area (Å²) in [4.78, 5) is 4.41. The fourth-order valence-electron chi connectivity index (χ4n) is 2.18. The van der Waals surface area contributed by atoms with E-state index in [1.807, 2.05) is 43.3 Å². The summed E-state index contributed by atoms with van der Waals surface area (Å²) in [6, 6.07) is 8.42. The van der Waals surface area contributed by atoms with Gasteiger partial charge in [-0.15, -0.1) is 0 Å². The van der Waals surface area contributed by atoms with Gasteiger partial charge in [0.1, 0.15) is 5.75 Å². The Morgan fingerprint density at radius 2 is 2.05 bits per heavy atom. The summed E-state index contributed by atoms with van der Waals surface area (Å²) in [5.41, 5.74) is 2.23. The van der Waals surface area contributed by atoms with E-state index in [0.717, 1.165) is 11.4 Å². The quantitative estimate of drug-likeness (QED) is 0.893. The molecule has 0 amide bonds. The zero-order valence-corrected chi connectivity index (χ0v) is 11.3. The van der Waals surface area contributed by atoms with Crippen LogP contribution in [0.5, 0.6) is 5.75 Å². The molecular weight excluding hydrogens is 238 g/mol. The van der Waals surface area contributed by atoms with Crippen LogP contribution in [0, 0.1) is 0 Å². The summed E-state index contributed by atoms with van der Waals surface area (Å²) in [5, 5.41) is 3.30. The Hall–Kier alpha value is -1.81. The molecule has 1 saturated carbocycles. The van der Waals surface area contributed by atoms with E-state index in [9.17, 15) is 0 Å². The third-order valence-electron chi connectivity index (χ3n) is 3.35. The van der Waals surface area contributed by atoms with E-state index in [2.05, 4.69) is 22.4 Å². The summed E-state index contributed by atoms with van der Waals surface area (Å²) in [7, 11) is 3.93. The van der Waals surface area contributed by atoms with Crippen molar-refractivity contribution in [1.29, 1.82) is 0 Å². The van der Waals surface area contributed by atoms with Gasteiger partial charge >= 0.3 is 0 Å². The van der Waals surface area contributed by atoms with Crippen molar-refractivity contribution in [2.45, 2.75) is 25.0 Å². The summed E-state index contributed by atoms with van der Waals surface area (Å²) in [6.07, 6.45) is 6.69. The van der Waals surface area contributed by atoms with Crippen LogP contribution in [0.25, 0.3) is 0 Å². The second-order valence-corrected chi connectivity index (χ2v) is 5.07. The molecule has 1 unspecified atom stereocenters. The van der Waals surface area contributed by atoms with Crippen LogP contribution in [0.1, 0.15) is 30.1 Å². The van der Waals surface area contributed by atoms with Gasteiger partial charge in [0.2, 0.25) is 0 Å². The fourth-order valence-corrected chi connectivity index (χ4v) is 2.18. The Morgan fingerprint density at radius 3 is 2.58 bits per heavy atom. The molecule has 1 aliphatic rings. The number of imidazole rings is 1. The molecule has 1 aliphatic carbocycles. The highest BCUT2D eigenvalue weighted by Crippen LogP contribution is 2.28. The van der Waals surface area contributed by atoms with Crippen LogP contribution in [-0.4, -0.2) is 22.7 Å². The summed E-state index contributed by atoms with van der Waals surface area (Å²) >= 11 is 0. The van der Waals surface area contributed by atoms with Crippen molar-refractivity contribution >= 4 is 0 Å². The van der Waals surface area contributed by atoms with Gasteiger partial charge in [-0.05, 0) is 37.6 Å². The topological polar surface area (TPSA) is 39.1 Å². The van der Waals surface area contributed by atoms with Crippen LogP contribution in [0.3, 0.4) is 0 Å². The SMILES string of the molecule is CNC(c1ccc(OC2CC2)cc1)c1cn(C)cn1. The van der Waals surface area contributed by atoms with Crippen molar-refractivity contribution in [2.24, 2.45) is 7.05 Å². The summed E-state index contributed by atoms with van der Waals surface area (Å²) in [5.74, 6) is 0.960. The van der Waals surface area contributed by atoms with Gasteiger partial charge in [-0.2, -0.15) is 0 Å². The minimum Gasteiger partial charge on any atom is -0.490 e. The largest absolute Gasteiger partial charge is 0.490 e. The molecule has 0 aliphatic heterocycles. The zero-order chi connectivity index (χ0) is 13.2. The molecule has 1 atom stereocenters. The first-order valence-corrected chi connectivity index (χ1v) is 6.68. The number of hydrogen-bond donors (Lipinski definition) is 1. The number of hydrogen-bond acceptors (Lipinski definition) is 3. The lowest BCUT2D eigenvalue weighted by molar-refractivity contribution is 0.303. The van der Waals surface area contributed by atoms with Crippen LogP contribution >= 0.6 is 0 Å². The van der Waals surface area contributed by atoms with Crippen LogP contribution in [-0.2, 0) is 7.05 Å². The zero-order valence-electron chi connectivity index (χ0n) is 11.3. The van der Waals surface area contributed by atoms with E-state index < -0.39 is 0 Å². The molecule has 2 aromatic rings. The van der Waals surface area contributed by atoms with Crippen molar-refractivity contribution in [2.75, 3.05) is 7.05 Å². The predicted octanol–water partition coefficient (Wildman–Crippen LogP) is 2.27. The Labute approximate surface area is 113 Å². The lowest BCUT2D eigenvalue weighted by Crippen LogP contribution is -2.18. The third-order valence-corrected chi connectivity index (χ3v) is 3.35. The molecule has 1 fully saturated rings. The molecular formula is C15H19N3O. The monoisotopic (exact) mass is 257 g/mol. The maximum Gasteiger partial charge on any atom is 0.119 e. The van der Waals surface area contributed by atoms with Crippen molar-refractivity contribution < 1.29 is 4.74 Å². The smallest absolute Gasteiger partial charge is 0.119 e. The Bertz CT molecular complexity index is 543. The fraction of sp³-hybridized carbons (Fsp3) is 0.400. The van der Waals surface area contributed by atoms with Gasteiger partial charge in [0.25, 0.3) is 0 Å². The van der Waals surface area contributed by atoms with Crippen molar-refractivity contribution in [3.63, 3.8) is 0 Å². The van der Waals surface area contributed by atoms with Gasteiger partial charge < -0.3 is 14.6 Å². The first kappa shape index (κ1) is 12.2. The van der Waals surface area contributed by atoms with Gasteiger partial charge in [0, 0.05) is 13.2 Å². The highest BCUT2D eigenvalue weighted by molar-refractivity contribution is 5.33. The molecule has 1 N–H and O–H groups in total. The van der Waals surface area contributed by atoms with Crippen LogP contribution in [0.15, 0.2) is 36.8 Å². The van der Waals surface area contributed by atoms with Crippen molar-refractivity contribution in [3.8, 4) is 5.75 Å². The molecule has 4 heteroatoms. The van der Waals surface area contributed by atoms with Crippen molar-refractivity contribution in [3.05, 3.63) is 48.0 Å². The van der Waals surface area contributed by atoms with E-state index in [0.29, 0.717) is 6.10 Å². The number of nitrogens with one attached hydrogen (secondary N) is 1. The molecule has 0 radical (unpaired) electrons. The Kier molecular flexibility index (Phi) is 3.25. The molecule has 4 nitrogen and oxygen atoms in total. The van der Waals surface area contributed by atoms with E-state index in [1.165, 1.54) is 18.4 Å². The van der Waals surface area contributed by atoms with Gasteiger partial charge in [-0.25, -0.2) is 4.98 Å². The first-order chi connectivity index (χ1) is 9.26. The van der Waals surface area contributed by atoms with E-state index >= 15 is 0 Å².